The fraction of sp³-hybridized carbons (Fsp3) is 0.750. The third-order valence-corrected chi connectivity index (χ3v) is 5.87. The van der Waals surface area contributed by atoms with Crippen molar-refractivity contribution in [3.63, 3.8) is 0 Å². The van der Waals surface area contributed by atoms with Crippen molar-refractivity contribution < 1.29 is 4.42 Å². The second-order valence-corrected chi connectivity index (χ2v) is 7.35. The lowest BCUT2D eigenvalue weighted by molar-refractivity contribution is 0.357. The number of rotatable bonds is 5. The maximum absolute atomic E-state index is 5.94. The Morgan fingerprint density at radius 1 is 1.26 bits per heavy atom. The zero-order valence-corrected chi connectivity index (χ0v) is 12.8. The molecule has 1 aromatic heterocycles. The van der Waals surface area contributed by atoms with E-state index in [1.807, 2.05) is 11.8 Å². The fourth-order valence-corrected chi connectivity index (χ4v) is 3.90. The van der Waals surface area contributed by atoms with Crippen LogP contribution in [-0.2, 0) is 6.54 Å². The summed E-state index contributed by atoms with van der Waals surface area (Å²) in [6.45, 7) is 3.20. The van der Waals surface area contributed by atoms with E-state index in [9.17, 15) is 0 Å². The van der Waals surface area contributed by atoms with Crippen LogP contribution in [0.5, 0.6) is 0 Å². The second kappa shape index (κ2) is 5.92. The van der Waals surface area contributed by atoms with Crippen LogP contribution in [0, 0.1) is 5.92 Å². The number of nitrogens with one attached hydrogen (secondary N) is 1. The van der Waals surface area contributed by atoms with Crippen LogP contribution in [0.2, 0.25) is 0 Å². The van der Waals surface area contributed by atoms with Gasteiger partial charge in [0.15, 0.2) is 0 Å². The van der Waals surface area contributed by atoms with Crippen LogP contribution in [0.3, 0.4) is 0 Å². The maximum Gasteiger partial charge on any atom is 0.117 e. The lowest BCUT2D eigenvalue weighted by atomic mass is 9.95. The van der Waals surface area contributed by atoms with Gasteiger partial charge < -0.3 is 9.73 Å². The highest BCUT2D eigenvalue weighted by Gasteiger charge is 2.36. The Balaban J connectivity index is 1.43. The van der Waals surface area contributed by atoms with Crippen LogP contribution < -0.4 is 5.32 Å². The molecule has 2 fully saturated rings. The van der Waals surface area contributed by atoms with Gasteiger partial charge in [0.1, 0.15) is 11.5 Å². The summed E-state index contributed by atoms with van der Waals surface area (Å²) in [6.07, 6.45) is 8.90. The summed E-state index contributed by atoms with van der Waals surface area (Å²) in [5, 5.41) is 4.56. The smallest absolute Gasteiger partial charge is 0.117 e. The summed E-state index contributed by atoms with van der Waals surface area (Å²) in [5.74, 6) is 3.84. The van der Waals surface area contributed by atoms with Crippen molar-refractivity contribution >= 4 is 11.8 Å². The van der Waals surface area contributed by atoms with Crippen molar-refractivity contribution in [2.24, 2.45) is 5.92 Å². The molecule has 3 heteroatoms. The zero-order chi connectivity index (χ0) is 13.2. The quantitative estimate of drug-likeness (QED) is 0.876. The van der Waals surface area contributed by atoms with E-state index in [1.165, 1.54) is 37.9 Å². The van der Waals surface area contributed by atoms with Gasteiger partial charge in [0, 0.05) is 17.2 Å². The molecule has 3 rings (SSSR count). The Morgan fingerprint density at radius 2 is 2.00 bits per heavy atom. The first kappa shape index (κ1) is 13.6. The van der Waals surface area contributed by atoms with Gasteiger partial charge in [-0.25, -0.2) is 0 Å². The van der Waals surface area contributed by atoms with Crippen molar-refractivity contribution in [2.45, 2.75) is 62.8 Å². The zero-order valence-electron chi connectivity index (χ0n) is 12.0. The number of furan rings is 1. The highest BCUT2D eigenvalue weighted by Crippen LogP contribution is 2.47. The maximum atomic E-state index is 5.94. The molecule has 2 nitrogen and oxygen atoms in total. The predicted molar refractivity (Wildman–Crippen MR) is 81.6 cm³/mol. The van der Waals surface area contributed by atoms with Gasteiger partial charge in [-0.15, -0.1) is 0 Å². The number of hydrogen-bond donors (Lipinski definition) is 1. The van der Waals surface area contributed by atoms with E-state index in [4.69, 9.17) is 4.42 Å². The van der Waals surface area contributed by atoms with Crippen LogP contribution in [0.25, 0.3) is 0 Å². The van der Waals surface area contributed by atoms with Crippen molar-refractivity contribution in [1.29, 1.82) is 0 Å². The van der Waals surface area contributed by atoms with Crippen molar-refractivity contribution in [3.05, 3.63) is 23.7 Å². The van der Waals surface area contributed by atoms with Crippen LogP contribution in [0.15, 0.2) is 16.5 Å². The van der Waals surface area contributed by atoms with Crippen molar-refractivity contribution in [2.75, 3.05) is 6.26 Å². The molecule has 0 aliphatic heterocycles. The van der Waals surface area contributed by atoms with Gasteiger partial charge in [-0.05, 0) is 56.4 Å². The summed E-state index contributed by atoms with van der Waals surface area (Å²) in [7, 11) is 0. The van der Waals surface area contributed by atoms with Crippen molar-refractivity contribution in [1.82, 2.24) is 5.32 Å². The van der Waals surface area contributed by atoms with Gasteiger partial charge >= 0.3 is 0 Å². The minimum atomic E-state index is 0.691. The van der Waals surface area contributed by atoms with E-state index >= 15 is 0 Å². The summed E-state index contributed by atoms with van der Waals surface area (Å²) >= 11 is 2.03. The molecule has 0 saturated heterocycles. The Hall–Kier alpha value is -0.410. The van der Waals surface area contributed by atoms with E-state index in [0.29, 0.717) is 12.0 Å². The molecule has 0 radical (unpaired) electrons. The minimum absolute atomic E-state index is 0.691. The normalized spacial score (nSPS) is 34.4. The minimum Gasteiger partial charge on any atom is -0.464 e. The lowest BCUT2D eigenvalue weighted by Gasteiger charge is -2.27. The average Bonchev–Trinajstić information content (AvgIpc) is 3.00. The van der Waals surface area contributed by atoms with Gasteiger partial charge in [0.2, 0.25) is 0 Å². The first-order valence-corrected chi connectivity index (χ1v) is 8.90. The topological polar surface area (TPSA) is 25.2 Å². The second-order valence-electron chi connectivity index (χ2n) is 6.21. The molecule has 1 heterocycles. The van der Waals surface area contributed by atoms with Gasteiger partial charge in [-0.2, -0.15) is 11.8 Å². The standard InChI is InChI=1S/C16H25NOS/c1-11-9-15(11)16-8-5-13(18-16)10-17-12-3-6-14(19-2)7-4-12/h5,8,11-12,14-15,17H,3-4,6-7,9-10H2,1-2H3. The molecule has 2 unspecified atom stereocenters. The molecule has 106 valence electrons. The summed E-state index contributed by atoms with van der Waals surface area (Å²) < 4.78 is 5.94. The first-order valence-electron chi connectivity index (χ1n) is 7.61. The largest absolute Gasteiger partial charge is 0.464 e. The van der Waals surface area contributed by atoms with Crippen LogP contribution in [0.1, 0.15) is 56.5 Å². The molecular formula is C16H25NOS. The van der Waals surface area contributed by atoms with E-state index in [2.05, 4.69) is 30.6 Å². The van der Waals surface area contributed by atoms with Crippen molar-refractivity contribution in [3.8, 4) is 0 Å². The summed E-state index contributed by atoms with van der Waals surface area (Å²) in [6, 6.07) is 5.02. The molecule has 1 N–H and O–H groups in total. The Labute approximate surface area is 120 Å². The van der Waals surface area contributed by atoms with E-state index in [-0.39, 0.29) is 0 Å². The van der Waals surface area contributed by atoms with Gasteiger partial charge in [0.05, 0.1) is 6.54 Å². The number of thioether (sulfide) groups is 1. The third kappa shape index (κ3) is 3.38. The highest BCUT2D eigenvalue weighted by molar-refractivity contribution is 7.99. The summed E-state index contributed by atoms with van der Waals surface area (Å²) in [5.41, 5.74) is 0. The van der Waals surface area contributed by atoms with Crippen LogP contribution in [-0.4, -0.2) is 17.5 Å². The first-order chi connectivity index (χ1) is 9.26. The van der Waals surface area contributed by atoms with Gasteiger partial charge in [-0.3, -0.25) is 0 Å². The molecule has 0 spiro atoms. The number of hydrogen-bond acceptors (Lipinski definition) is 3. The molecule has 2 saturated carbocycles. The molecule has 1 aromatic rings. The fourth-order valence-electron chi connectivity index (χ4n) is 3.15. The molecule has 0 aromatic carbocycles. The van der Waals surface area contributed by atoms with E-state index < -0.39 is 0 Å². The van der Waals surface area contributed by atoms with Crippen LogP contribution >= 0.6 is 11.8 Å². The molecule has 2 atom stereocenters. The molecule has 0 amide bonds. The van der Waals surface area contributed by atoms with E-state index in [0.717, 1.165) is 23.5 Å². The Morgan fingerprint density at radius 3 is 2.63 bits per heavy atom. The van der Waals surface area contributed by atoms with Gasteiger partial charge in [0.25, 0.3) is 0 Å². The molecular weight excluding hydrogens is 254 g/mol. The average molecular weight is 279 g/mol. The molecule has 2 aliphatic rings. The SMILES string of the molecule is CSC1CCC(NCc2ccc(C3CC3C)o2)CC1. The van der Waals surface area contributed by atoms with E-state index in [1.54, 1.807) is 0 Å². The third-order valence-electron chi connectivity index (χ3n) is 4.73. The van der Waals surface area contributed by atoms with Gasteiger partial charge in [-0.1, -0.05) is 6.92 Å². The van der Waals surface area contributed by atoms with Crippen LogP contribution in [0.4, 0.5) is 0 Å². The lowest BCUT2D eigenvalue weighted by Crippen LogP contribution is -2.33. The Kier molecular flexibility index (Phi) is 4.23. The Bertz CT molecular complexity index is 409. The monoisotopic (exact) mass is 279 g/mol. The molecule has 0 bridgehead atoms. The molecule has 19 heavy (non-hydrogen) atoms. The predicted octanol–water partition coefficient (Wildman–Crippen LogP) is 4.17. The molecule has 2 aliphatic carbocycles. The highest BCUT2D eigenvalue weighted by atomic mass is 32.2. The summed E-state index contributed by atoms with van der Waals surface area (Å²) in [4.78, 5) is 0.